The molecule has 0 aromatic carbocycles. The monoisotopic (exact) mass is 486 g/mol. The zero-order chi connectivity index (χ0) is 24.5. The summed E-state index contributed by atoms with van der Waals surface area (Å²) in [6, 6.07) is 0. The SMILES string of the molecule is CCC(C)(OC(=O)C1CCC(C(=O)OC(C)(CS(=O)(=O)O)C(F)(F)F)CC1)C(F)(F)F. The summed E-state index contributed by atoms with van der Waals surface area (Å²) in [6.45, 7) is 2.21. The van der Waals surface area contributed by atoms with Crippen LogP contribution in [0.1, 0.15) is 52.9 Å². The highest BCUT2D eigenvalue weighted by Gasteiger charge is 2.58. The van der Waals surface area contributed by atoms with Gasteiger partial charge in [-0.05, 0) is 46.0 Å². The van der Waals surface area contributed by atoms with E-state index in [1.54, 1.807) is 0 Å². The van der Waals surface area contributed by atoms with Gasteiger partial charge in [-0.25, -0.2) is 0 Å². The fraction of sp³-hybridized carbons (Fsp3) is 0.882. The fourth-order valence-corrected chi connectivity index (χ4v) is 3.94. The molecule has 0 spiro atoms. The summed E-state index contributed by atoms with van der Waals surface area (Å²) in [5.41, 5.74) is -6.19. The summed E-state index contributed by atoms with van der Waals surface area (Å²) in [7, 11) is -5.14. The molecule has 0 aliphatic heterocycles. The van der Waals surface area contributed by atoms with Crippen LogP contribution in [0, 0.1) is 11.8 Å². The normalized spacial score (nSPS) is 24.6. The molecule has 2 atom stereocenters. The van der Waals surface area contributed by atoms with Gasteiger partial charge in [0.1, 0.15) is 5.75 Å². The van der Waals surface area contributed by atoms with Gasteiger partial charge in [-0.3, -0.25) is 14.1 Å². The maximum atomic E-state index is 13.2. The number of carbonyl (C=O) groups is 2. The Hall–Kier alpha value is -1.57. The number of rotatable bonds is 7. The number of esters is 2. The van der Waals surface area contributed by atoms with Crippen molar-refractivity contribution in [3.8, 4) is 0 Å². The largest absolute Gasteiger partial charge is 0.449 e. The molecule has 1 aliphatic rings. The summed E-state index contributed by atoms with van der Waals surface area (Å²) in [5.74, 6) is -6.52. The van der Waals surface area contributed by atoms with Crippen molar-refractivity contribution in [2.24, 2.45) is 11.8 Å². The van der Waals surface area contributed by atoms with Gasteiger partial charge < -0.3 is 9.47 Å². The van der Waals surface area contributed by atoms with Gasteiger partial charge in [0.25, 0.3) is 10.1 Å². The van der Waals surface area contributed by atoms with Crippen LogP contribution in [0.15, 0.2) is 0 Å². The topological polar surface area (TPSA) is 107 Å². The lowest BCUT2D eigenvalue weighted by Crippen LogP contribution is -2.52. The van der Waals surface area contributed by atoms with Gasteiger partial charge in [0.15, 0.2) is 0 Å². The van der Waals surface area contributed by atoms with Crippen molar-refractivity contribution in [3.63, 3.8) is 0 Å². The van der Waals surface area contributed by atoms with Crippen molar-refractivity contribution in [1.29, 1.82) is 0 Å². The van der Waals surface area contributed by atoms with E-state index in [2.05, 4.69) is 9.47 Å². The first kappa shape index (κ1) is 27.5. The lowest BCUT2D eigenvalue weighted by Gasteiger charge is -2.35. The minimum atomic E-state index is -5.30. The highest BCUT2D eigenvalue weighted by atomic mass is 32.2. The highest BCUT2D eigenvalue weighted by molar-refractivity contribution is 7.85. The number of ether oxygens (including phenoxy) is 2. The minimum Gasteiger partial charge on any atom is -0.449 e. The Morgan fingerprint density at radius 2 is 1.16 bits per heavy atom. The molecule has 2 unspecified atom stereocenters. The summed E-state index contributed by atoms with van der Waals surface area (Å²) in [5, 5.41) is 0. The Morgan fingerprint density at radius 1 is 0.839 bits per heavy atom. The number of alkyl halides is 6. The van der Waals surface area contributed by atoms with Crippen molar-refractivity contribution in [2.75, 3.05) is 5.75 Å². The molecule has 1 rings (SSSR count). The third-order valence-electron chi connectivity index (χ3n) is 5.38. The molecule has 1 fully saturated rings. The maximum Gasteiger partial charge on any atom is 0.429 e. The van der Waals surface area contributed by atoms with E-state index in [0.29, 0.717) is 6.92 Å². The first-order valence-corrected chi connectivity index (χ1v) is 10.9. The van der Waals surface area contributed by atoms with E-state index >= 15 is 0 Å². The van der Waals surface area contributed by atoms with Gasteiger partial charge in [0.2, 0.25) is 11.2 Å². The molecule has 0 heterocycles. The number of halogens is 6. The van der Waals surface area contributed by atoms with Crippen molar-refractivity contribution in [3.05, 3.63) is 0 Å². The molecule has 182 valence electrons. The molecule has 0 radical (unpaired) electrons. The average molecular weight is 486 g/mol. The van der Waals surface area contributed by atoms with E-state index in [1.165, 1.54) is 6.92 Å². The minimum absolute atomic E-state index is 0.128. The molecular formula is C17H24F6O7S. The third-order valence-corrected chi connectivity index (χ3v) is 6.29. The van der Waals surface area contributed by atoms with Crippen LogP contribution >= 0.6 is 0 Å². The summed E-state index contributed by atoms with van der Waals surface area (Å²) in [6.07, 6.45) is -11.2. The van der Waals surface area contributed by atoms with Crippen LogP contribution < -0.4 is 0 Å². The van der Waals surface area contributed by atoms with Crippen LogP contribution in [0.25, 0.3) is 0 Å². The summed E-state index contributed by atoms with van der Waals surface area (Å²) >= 11 is 0. The van der Waals surface area contributed by atoms with E-state index in [-0.39, 0.29) is 25.7 Å². The predicted molar refractivity (Wildman–Crippen MR) is 93.3 cm³/mol. The van der Waals surface area contributed by atoms with Crippen LogP contribution in [-0.4, -0.2) is 54.2 Å². The predicted octanol–water partition coefficient (Wildman–Crippen LogP) is 3.82. The molecule has 0 saturated heterocycles. The molecule has 0 aromatic rings. The Balaban J connectivity index is 2.79. The van der Waals surface area contributed by atoms with Gasteiger partial charge in [-0.15, -0.1) is 0 Å². The van der Waals surface area contributed by atoms with Crippen LogP contribution in [0.2, 0.25) is 0 Å². The third kappa shape index (κ3) is 6.96. The first-order chi connectivity index (χ1) is 13.7. The zero-order valence-corrected chi connectivity index (χ0v) is 17.8. The second kappa shape index (κ2) is 9.12. The summed E-state index contributed by atoms with van der Waals surface area (Å²) < 4.78 is 118. The molecule has 1 saturated carbocycles. The van der Waals surface area contributed by atoms with E-state index in [1.807, 2.05) is 0 Å². The average Bonchev–Trinajstić information content (AvgIpc) is 2.58. The Bertz CT molecular complexity index is 771. The van der Waals surface area contributed by atoms with Gasteiger partial charge in [-0.1, -0.05) is 6.92 Å². The lowest BCUT2D eigenvalue weighted by molar-refractivity contribution is -0.267. The molecule has 7 nitrogen and oxygen atoms in total. The lowest BCUT2D eigenvalue weighted by atomic mass is 9.82. The van der Waals surface area contributed by atoms with Crippen molar-refractivity contribution in [2.45, 2.75) is 76.4 Å². The molecular weight excluding hydrogens is 462 g/mol. The van der Waals surface area contributed by atoms with E-state index in [4.69, 9.17) is 4.55 Å². The van der Waals surface area contributed by atoms with Gasteiger partial charge >= 0.3 is 24.3 Å². The molecule has 0 aromatic heterocycles. The number of carbonyl (C=O) groups excluding carboxylic acids is 2. The quantitative estimate of drug-likeness (QED) is 0.331. The first-order valence-electron chi connectivity index (χ1n) is 9.29. The summed E-state index contributed by atoms with van der Waals surface area (Å²) in [4.78, 5) is 24.3. The molecule has 14 heteroatoms. The number of hydrogen-bond donors (Lipinski definition) is 1. The van der Waals surface area contributed by atoms with E-state index < -0.39 is 69.6 Å². The van der Waals surface area contributed by atoms with Crippen LogP contribution in [0.5, 0.6) is 0 Å². The van der Waals surface area contributed by atoms with Crippen LogP contribution in [0.4, 0.5) is 26.3 Å². The van der Waals surface area contributed by atoms with Gasteiger partial charge in [0, 0.05) is 0 Å². The zero-order valence-electron chi connectivity index (χ0n) is 17.0. The van der Waals surface area contributed by atoms with Gasteiger partial charge in [0.05, 0.1) is 11.8 Å². The molecule has 0 amide bonds. The van der Waals surface area contributed by atoms with Crippen molar-refractivity contribution >= 4 is 22.1 Å². The van der Waals surface area contributed by atoms with E-state index in [9.17, 15) is 44.3 Å². The highest BCUT2D eigenvalue weighted by Crippen LogP contribution is 2.40. The molecule has 1 aliphatic carbocycles. The Labute approximate surface area is 175 Å². The van der Waals surface area contributed by atoms with E-state index in [0.717, 1.165) is 6.92 Å². The van der Waals surface area contributed by atoms with Crippen molar-refractivity contribution in [1.82, 2.24) is 0 Å². The van der Waals surface area contributed by atoms with Crippen LogP contribution in [0.3, 0.4) is 0 Å². The van der Waals surface area contributed by atoms with Crippen LogP contribution in [-0.2, 0) is 29.2 Å². The smallest absolute Gasteiger partial charge is 0.429 e. The maximum absolute atomic E-state index is 13.2. The number of hydrogen-bond acceptors (Lipinski definition) is 6. The van der Waals surface area contributed by atoms with Gasteiger partial charge in [-0.2, -0.15) is 34.8 Å². The second-order valence-electron chi connectivity index (χ2n) is 7.93. The molecule has 0 bridgehead atoms. The Morgan fingerprint density at radius 3 is 1.42 bits per heavy atom. The fourth-order valence-electron chi connectivity index (χ4n) is 3.02. The Kier molecular flexibility index (Phi) is 8.08. The van der Waals surface area contributed by atoms with Crippen molar-refractivity contribution < 1.29 is 58.4 Å². The molecule has 1 N–H and O–H groups in total. The molecule has 31 heavy (non-hydrogen) atoms. The standard InChI is InChI=1S/C17H24F6O7S/c1-4-14(2,16(18,19)20)29-12(24)10-5-7-11(8-6-10)13(25)30-15(3,17(21,22)23)9-31(26,27)28/h10-11H,4-9H2,1-3H3,(H,26,27,28). The second-order valence-corrected chi connectivity index (χ2v) is 9.38.